The van der Waals surface area contributed by atoms with Crippen molar-refractivity contribution in [3.63, 3.8) is 0 Å². The molecule has 1 aliphatic carbocycles. The molecule has 2 N–H and O–H groups in total. The first kappa shape index (κ1) is 14.6. The van der Waals surface area contributed by atoms with Crippen LogP contribution < -0.4 is 0 Å². The fraction of sp³-hybridized carbons (Fsp3) is 0.769. The molecule has 0 aromatic heterocycles. The van der Waals surface area contributed by atoms with Crippen molar-refractivity contribution < 1.29 is 24.6 Å². The van der Waals surface area contributed by atoms with Gasteiger partial charge >= 0.3 is 12.1 Å². The predicted octanol–water partition coefficient (Wildman–Crippen LogP) is 0.985. The third-order valence-corrected chi connectivity index (χ3v) is 4.17. The first-order valence-corrected chi connectivity index (χ1v) is 7.02. The van der Waals surface area contributed by atoms with Gasteiger partial charge in [0.1, 0.15) is 12.6 Å². The molecule has 2 amide bonds. The van der Waals surface area contributed by atoms with E-state index in [1.165, 1.54) is 9.80 Å². The molecule has 0 unspecified atom stereocenters. The van der Waals surface area contributed by atoms with E-state index in [9.17, 15) is 19.5 Å². The monoisotopic (exact) mass is 284 g/mol. The molecule has 7 heteroatoms. The van der Waals surface area contributed by atoms with E-state index in [1.54, 1.807) is 0 Å². The van der Waals surface area contributed by atoms with Gasteiger partial charge in [0, 0.05) is 12.6 Å². The highest BCUT2D eigenvalue weighted by Crippen LogP contribution is 2.24. The van der Waals surface area contributed by atoms with Gasteiger partial charge in [-0.25, -0.2) is 9.59 Å². The van der Waals surface area contributed by atoms with Gasteiger partial charge in [0.15, 0.2) is 0 Å². The predicted molar refractivity (Wildman–Crippen MR) is 69.4 cm³/mol. The minimum Gasteiger partial charge on any atom is -0.480 e. The van der Waals surface area contributed by atoms with E-state index < -0.39 is 24.0 Å². The van der Waals surface area contributed by atoms with E-state index in [0.717, 1.165) is 25.7 Å². The third kappa shape index (κ3) is 3.02. The number of carboxylic acids is 1. The van der Waals surface area contributed by atoms with Crippen molar-refractivity contribution in [1.29, 1.82) is 0 Å². The Balaban J connectivity index is 2.00. The summed E-state index contributed by atoms with van der Waals surface area (Å²) in [5.41, 5.74) is 0. The quantitative estimate of drug-likeness (QED) is 0.802. The van der Waals surface area contributed by atoms with Crippen molar-refractivity contribution >= 4 is 18.0 Å². The van der Waals surface area contributed by atoms with Crippen LogP contribution in [0.5, 0.6) is 0 Å². The van der Waals surface area contributed by atoms with Gasteiger partial charge in [-0.2, -0.15) is 0 Å². The van der Waals surface area contributed by atoms with E-state index in [-0.39, 0.29) is 12.6 Å². The molecule has 1 saturated heterocycles. The molecule has 1 saturated carbocycles. The topological polar surface area (TPSA) is 98.2 Å². The fourth-order valence-corrected chi connectivity index (χ4v) is 3.13. The van der Waals surface area contributed by atoms with Gasteiger partial charge in [-0.05, 0) is 25.7 Å². The molecule has 7 nitrogen and oxygen atoms in total. The van der Waals surface area contributed by atoms with Crippen LogP contribution in [0.25, 0.3) is 0 Å². The maximum atomic E-state index is 12.2. The van der Waals surface area contributed by atoms with E-state index in [1.807, 2.05) is 0 Å². The first-order valence-electron chi connectivity index (χ1n) is 7.02. The van der Waals surface area contributed by atoms with Gasteiger partial charge in [-0.3, -0.25) is 9.69 Å². The summed E-state index contributed by atoms with van der Waals surface area (Å²) in [6.45, 7) is 0.164. The molecule has 0 bridgehead atoms. The second-order valence-electron chi connectivity index (χ2n) is 5.43. The zero-order valence-corrected chi connectivity index (χ0v) is 11.3. The number of hydrogen-bond acceptors (Lipinski definition) is 3. The molecule has 112 valence electrons. The van der Waals surface area contributed by atoms with E-state index in [4.69, 9.17) is 5.11 Å². The second-order valence-corrected chi connectivity index (χ2v) is 5.43. The van der Waals surface area contributed by atoms with Crippen LogP contribution >= 0.6 is 0 Å². The van der Waals surface area contributed by atoms with Gasteiger partial charge in [0.05, 0.1) is 0 Å². The molecule has 2 aliphatic rings. The molecule has 2 fully saturated rings. The summed E-state index contributed by atoms with van der Waals surface area (Å²) in [7, 11) is 0. The number of carboxylic acid groups (broad SMARTS) is 2. The van der Waals surface area contributed by atoms with E-state index in [2.05, 4.69) is 0 Å². The lowest BCUT2D eigenvalue weighted by atomic mass is 10.2. The highest BCUT2D eigenvalue weighted by molar-refractivity contribution is 5.87. The zero-order valence-electron chi connectivity index (χ0n) is 11.3. The Kier molecular flexibility index (Phi) is 4.46. The highest BCUT2D eigenvalue weighted by Gasteiger charge is 2.36. The van der Waals surface area contributed by atoms with Gasteiger partial charge in [0.25, 0.3) is 0 Å². The lowest BCUT2D eigenvalue weighted by Crippen LogP contribution is -2.49. The number of carbonyl (C=O) groups is 3. The molecule has 2 rings (SSSR count). The zero-order chi connectivity index (χ0) is 14.7. The Bertz CT molecular complexity index is 406. The Morgan fingerprint density at radius 2 is 1.70 bits per heavy atom. The number of nitrogens with zero attached hydrogens (tertiary/aromatic N) is 2. The minimum atomic E-state index is -1.10. The summed E-state index contributed by atoms with van der Waals surface area (Å²) in [6.07, 6.45) is 3.51. The largest absolute Gasteiger partial charge is 0.480 e. The SMILES string of the molecule is O=C(O)[C@@H]1CCCN1C(=O)CN(C(=O)O)C1CCCC1. The molecule has 1 aliphatic heterocycles. The van der Waals surface area contributed by atoms with Crippen LogP contribution in [0.2, 0.25) is 0 Å². The molecule has 0 aromatic carbocycles. The maximum absolute atomic E-state index is 12.2. The van der Waals surface area contributed by atoms with Crippen LogP contribution in [0, 0.1) is 0 Å². The van der Waals surface area contributed by atoms with Crippen LogP contribution in [-0.4, -0.2) is 63.2 Å². The summed E-state index contributed by atoms with van der Waals surface area (Å²) < 4.78 is 0. The fourth-order valence-electron chi connectivity index (χ4n) is 3.13. The maximum Gasteiger partial charge on any atom is 0.408 e. The second kappa shape index (κ2) is 6.11. The van der Waals surface area contributed by atoms with E-state index in [0.29, 0.717) is 19.4 Å². The van der Waals surface area contributed by atoms with Crippen LogP contribution in [0.4, 0.5) is 4.79 Å². The molecular formula is C13H20N2O5. The van der Waals surface area contributed by atoms with Crippen molar-refractivity contribution in [3.8, 4) is 0 Å². The van der Waals surface area contributed by atoms with Gasteiger partial charge in [-0.15, -0.1) is 0 Å². The van der Waals surface area contributed by atoms with Crippen molar-refractivity contribution in [2.24, 2.45) is 0 Å². The van der Waals surface area contributed by atoms with Crippen molar-refractivity contribution in [2.45, 2.75) is 50.6 Å². The van der Waals surface area contributed by atoms with Gasteiger partial charge in [-0.1, -0.05) is 12.8 Å². The van der Waals surface area contributed by atoms with Crippen molar-refractivity contribution in [1.82, 2.24) is 9.80 Å². The molecule has 1 heterocycles. The molecule has 1 atom stereocenters. The van der Waals surface area contributed by atoms with Crippen LogP contribution in [0.1, 0.15) is 38.5 Å². The van der Waals surface area contributed by atoms with E-state index >= 15 is 0 Å². The first-order chi connectivity index (χ1) is 9.50. The Labute approximate surface area is 117 Å². The third-order valence-electron chi connectivity index (χ3n) is 4.17. The minimum absolute atomic E-state index is 0.109. The Morgan fingerprint density at radius 1 is 1.05 bits per heavy atom. The number of amides is 2. The lowest BCUT2D eigenvalue weighted by molar-refractivity contribution is -0.148. The van der Waals surface area contributed by atoms with Crippen LogP contribution in [0.3, 0.4) is 0 Å². The number of hydrogen-bond donors (Lipinski definition) is 2. The summed E-state index contributed by atoms with van der Waals surface area (Å²) >= 11 is 0. The molecule has 0 radical (unpaired) electrons. The normalized spacial score (nSPS) is 23.0. The highest BCUT2D eigenvalue weighted by atomic mass is 16.4. The summed E-state index contributed by atoms with van der Waals surface area (Å²) in [6, 6.07) is -0.913. The number of likely N-dealkylation sites (tertiary alicyclic amines) is 1. The smallest absolute Gasteiger partial charge is 0.408 e. The summed E-state index contributed by atoms with van der Waals surface area (Å²) in [5, 5.41) is 18.3. The van der Waals surface area contributed by atoms with Crippen molar-refractivity contribution in [3.05, 3.63) is 0 Å². The standard InChI is InChI=1S/C13H20N2O5/c16-11(14-7-3-6-10(14)12(17)18)8-15(13(19)20)9-4-1-2-5-9/h9-10H,1-8H2,(H,17,18)(H,19,20)/t10-/m0/s1. The molecule has 0 spiro atoms. The Morgan fingerprint density at radius 3 is 2.25 bits per heavy atom. The van der Waals surface area contributed by atoms with Gasteiger partial charge < -0.3 is 15.1 Å². The summed E-state index contributed by atoms with van der Waals surface area (Å²) in [5.74, 6) is -1.41. The Hall–Kier alpha value is -1.79. The van der Waals surface area contributed by atoms with Crippen molar-refractivity contribution in [2.75, 3.05) is 13.1 Å². The van der Waals surface area contributed by atoms with Crippen LogP contribution in [-0.2, 0) is 9.59 Å². The molecular weight excluding hydrogens is 264 g/mol. The molecule has 20 heavy (non-hydrogen) atoms. The molecule has 0 aromatic rings. The number of carbonyl (C=O) groups excluding carboxylic acids is 1. The average Bonchev–Trinajstić information content (AvgIpc) is 3.05. The lowest BCUT2D eigenvalue weighted by Gasteiger charge is -2.29. The number of rotatable bonds is 4. The average molecular weight is 284 g/mol. The number of aliphatic carboxylic acids is 1. The van der Waals surface area contributed by atoms with Crippen LogP contribution in [0.15, 0.2) is 0 Å². The summed E-state index contributed by atoms with van der Waals surface area (Å²) in [4.78, 5) is 37.0. The van der Waals surface area contributed by atoms with Gasteiger partial charge in [0.2, 0.25) is 5.91 Å².